The third-order valence-corrected chi connectivity index (χ3v) is 4.31. The van der Waals surface area contributed by atoms with E-state index in [0.29, 0.717) is 17.4 Å². The predicted molar refractivity (Wildman–Crippen MR) is 86.7 cm³/mol. The molecule has 1 aliphatic carbocycles. The van der Waals surface area contributed by atoms with Crippen LogP contribution in [0.1, 0.15) is 24.8 Å². The molecule has 1 aromatic heterocycles. The van der Waals surface area contributed by atoms with Crippen LogP contribution in [0.3, 0.4) is 0 Å². The van der Waals surface area contributed by atoms with Crippen LogP contribution in [0, 0.1) is 5.92 Å². The summed E-state index contributed by atoms with van der Waals surface area (Å²) in [5.74, 6) is 0.750. The molecule has 1 saturated carbocycles. The fraction of sp³-hybridized carbons (Fsp3) is 0.375. The third kappa shape index (κ3) is 3.48. The number of amides is 1. The molecule has 6 heteroatoms. The second kappa shape index (κ2) is 6.50. The van der Waals surface area contributed by atoms with E-state index >= 15 is 0 Å². The van der Waals surface area contributed by atoms with Crippen LogP contribution >= 0.6 is 11.6 Å². The van der Waals surface area contributed by atoms with Crippen molar-refractivity contribution in [3.8, 4) is 0 Å². The van der Waals surface area contributed by atoms with E-state index in [1.807, 2.05) is 30.3 Å². The molecule has 0 bridgehead atoms. The molecule has 3 rings (SSSR count). The van der Waals surface area contributed by atoms with E-state index < -0.39 is 0 Å². The molecular weight excluding hydrogens is 300 g/mol. The van der Waals surface area contributed by atoms with E-state index in [-0.39, 0.29) is 17.9 Å². The van der Waals surface area contributed by atoms with Crippen molar-refractivity contribution in [3.63, 3.8) is 0 Å². The molecule has 2 atom stereocenters. The minimum Gasteiger partial charge on any atom is -0.328 e. The van der Waals surface area contributed by atoms with Gasteiger partial charge in [0, 0.05) is 23.0 Å². The van der Waals surface area contributed by atoms with Gasteiger partial charge in [0.15, 0.2) is 0 Å². The Balaban J connectivity index is 1.67. The number of benzene rings is 1. The first kappa shape index (κ1) is 15.1. The number of hydrogen-bond acceptors (Lipinski definition) is 3. The lowest BCUT2D eigenvalue weighted by atomic mass is 10.1. The maximum atomic E-state index is 12.3. The molecule has 1 aromatic carbocycles. The summed E-state index contributed by atoms with van der Waals surface area (Å²) >= 11 is 5.89. The van der Waals surface area contributed by atoms with Crippen LogP contribution in [0.5, 0.6) is 0 Å². The fourth-order valence-corrected chi connectivity index (χ4v) is 2.94. The van der Waals surface area contributed by atoms with E-state index in [4.69, 9.17) is 17.3 Å². The number of carbonyl (C=O) groups excluding carboxylic acids is 1. The molecule has 5 nitrogen and oxygen atoms in total. The van der Waals surface area contributed by atoms with E-state index in [2.05, 4.69) is 10.4 Å². The zero-order valence-corrected chi connectivity index (χ0v) is 13.0. The minimum absolute atomic E-state index is 0.00822. The Bertz CT molecular complexity index is 652. The van der Waals surface area contributed by atoms with E-state index in [9.17, 15) is 4.79 Å². The number of rotatable bonds is 4. The highest BCUT2D eigenvalue weighted by atomic mass is 35.5. The highest BCUT2D eigenvalue weighted by Gasteiger charge is 2.28. The van der Waals surface area contributed by atoms with Gasteiger partial charge in [0.25, 0.3) is 0 Å². The number of nitrogens with zero attached hydrogens (tertiary/aromatic N) is 2. The summed E-state index contributed by atoms with van der Waals surface area (Å²) in [6.07, 6.45) is 4.23. The molecule has 0 spiro atoms. The third-order valence-electron chi connectivity index (χ3n) is 4.06. The summed E-state index contributed by atoms with van der Waals surface area (Å²) in [5.41, 5.74) is 6.95. The van der Waals surface area contributed by atoms with E-state index in [0.717, 1.165) is 24.8 Å². The van der Waals surface area contributed by atoms with Crippen LogP contribution in [0.2, 0.25) is 5.02 Å². The zero-order chi connectivity index (χ0) is 15.5. The summed E-state index contributed by atoms with van der Waals surface area (Å²) in [4.78, 5) is 12.3. The van der Waals surface area contributed by atoms with Crippen LogP contribution in [0.15, 0.2) is 36.5 Å². The lowest BCUT2D eigenvalue weighted by Gasteiger charge is -2.12. The van der Waals surface area contributed by atoms with Gasteiger partial charge >= 0.3 is 0 Å². The molecule has 116 valence electrons. The standard InChI is InChI=1S/C16H19ClN4O/c17-13-4-1-11(2-5-13)10-21-15(7-8-19-21)20-16(22)12-3-6-14(18)9-12/h1-2,4-5,7-8,12,14H,3,6,9-10,18H2,(H,20,22). The first-order chi connectivity index (χ1) is 10.6. The number of halogens is 1. The Labute approximate surface area is 134 Å². The van der Waals surface area contributed by atoms with Gasteiger partial charge in [-0.25, -0.2) is 4.68 Å². The Morgan fingerprint density at radius 3 is 2.77 bits per heavy atom. The first-order valence-corrected chi connectivity index (χ1v) is 7.82. The Morgan fingerprint density at radius 1 is 1.32 bits per heavy atom. The van der Waals surface area contributed by atoms with Gasteiger partial charge in [-0.15, -0.1) is 0 Å². The number of nitrogens with two attached hydrogens (primary N) is 1. The summed E-state index contributed by atoms with van der Waals surface area (Å²) in [6.45, 7) is 0.587. The van der Waals surface area contributed by atoms with Gasteiger partial charge in [-0.2, -0.15) is 5.10 Å². The maximum absolute atomic E-state index is 12.3. The van der Waals surface area contributed by atoms with Crippen molar-refractivity contribution < 1.29 is 4.79 Å². The number of anilines is 1. The van der Waals surface area contributed by atoms with Crippen LogP contribution in [0.25, 0.3) is 0 Å². The summed E-state index contributed by atoms with van der Waals surface area (Å²) in [6, 6.07) is 9.55. The number of carbonyl (C=O) groups is 1. The monoisotopic (exact) mass is 318 g/mol. The van der Waals surface area contributed by atoms with Gasteiger partial charge in [-0.3, -0.25) is 4.79 Å². The molecular formula is C16H19ClN4O. The number of hydrogen-bond donors (Lipinski definition) is 2. The van der Waals surface area contributed by atoms with Gasteiger partial charge in [0.1, 0.15) is 5.82 Å². The Morgan fingerprint density at radius 2 is 2.09 bits per heavy atom. The molecule has 0 radical (unpaired) electrons. The molecule has 0 saturated heterocycles. The zero-order valence-electron chi connectivity index (χ0n) is 12.2. The van der Waals surface area contributed by atoms with Gasteiger partial charge in [0.2, 0.25) is 5.91 Å². The topological polar surface area (TPSA) is 72.9 Å². The Kier molecular flexibility index (Phi) is 4.45. The van der Waals surface area contributed by atoms with E-state index in [1.165, 1.54) is 0 Å². The van der Waals surface area contributed by atoms with Crippen molar-refractivity contribution in [2.75, 3.05) is 5.32 Å². The maximum Gasteiger partial charge on any atom is 0.228 e. The molecule has 2 aromatic rings. The van der Waals surface area contributed by atoms with Gasteiger partial charge in [-0.1, -0.05) is 23.7 Å². The fourth-order valence-electron chi connectivity index (χ4n) is 2.81. The normalized spacial score (nSPS) is 21.0. The highest BCUT2D eigenvalue weighted by Crippen LogP contribution is 2.25. The second-order valence-corrected chi connectivity index (χ2v) is 6.20. The Hall–Kier alpha value is -1.85. The SMILES string of the molecule is NC1CCC(C(=O)Nc2ccnn2Cc2ccc(Cl)cc2)C1. The summed E-state index contributed by atoms with van der Waals surface area (Å²) < 4.78 is 1.77. The molecule has 1 fully saturated rings. The molecule has 3 N–H and O–H groups in total. The molecule has 1 heterocycles. The lowest BCUT2D eigenvalue weighted by molar-refractivity contribution is -0.119. The number of nitrogens with one attached hydrogen (secondary N) is 1. The molecule has 0 aliphatic heterocycles. The van der Waals surface area contributed by atoms with Gasteiger partial charge in [0.05, 0.1) is 12.7 Å². The van der Waals surface area contributed by atoms with Crippen molar-refractivity contribution in [2.45, 2.75) is 31.8 Å². The molecule has 1 amide bonds. The first-order valence-electron chi connectivity index (χ1n) is 7.44. The van der Waals surface area contributed by atoms with Crippen molar-refractivity contribution in [1.82, 2.24) is 9.78 Å². The summed E-state index contributed by atoms with van der Waals surface area (Å²) in [5, 5.41) is 7.94. The lowest BCUT2D eigenvalue weighted by Crippen LogP contribution is -2.24. The number of aromatic nitrogens is 2. The van der Waals surface area contributed by atoms with Crippen molar-refractivity contribution in [3.05, 3.63) is 47.1 Å². The second-order valence-electron chi connectivity index (χ2n) is 5.76. The van der Waals surface area contributed by atoms with Crippen LogP contribution in [0.4, 0.5) is 5.82 Å². The highest BCUT2D eigenvalue weighted by molar-refractivity contribution is 6.30. The van der Waals surface area contributed by atoms with E-state index in [1.54, 1.807) is 10.9 Å². The molecule has 2 unspecified atom stereocenters. The van der Waals surface area contributed by atoms with Crippen LogP contribution in [-0.2, 0) is 11.3 Å². The average Bonchev–Trinajstić information content (AvgIpc) is 3.11. The largest absolute Gasteiger partial charge is 0.328 e. The average molecular weight is 319 g/mol. The predicted octanol–water partition coefficient (Wildman–Crippen LogP) is 2.65. The molecule has 1 aliphatic rings. The van der Waals surface area contributed by atoms with Crippen LogP contribution < -0.4 is 11.1 Å². The van der Waals surface area contributed by atoms with Crippen molar-refractivity contribution >= 4 is 23.3 Å². The quantitative estimate of drug-likeness (QED) is 0.910. The summed E-state index contributed by atoms with van der Waals surface area (Å²) in [7, 11) is 0. The van der Waals surface area contributed by atoms with Crippen molar-refractivity contribution in [1.29, 1.82) is 0 Å². The van der Waals surface area contributed by atoms with Gasteiger partial charge in [-0.05, 0) is 37.0 Å². The molecule has 22 heavy (non-hydrogen) atoms. The van der Waals surface area contributed by atoms with Gasteiger partial charge < -0.3 is 11.1 Å². The smallest absolute Gasteiger partial charge is 0.228 e. The van der Waals surface area contributed by atoms with Crippen molar-refractivity contribution in [2.24, 2.45) is 11.7 Å². The van der Waals surface area contributed by atoms with Crippen LogP contribution in [-0.4, -0.2) is 21.7 Å². The minimum atomic E-state index is 0.00822.